The molecular formula is C8H14Br4. The Labute approximate surface area is 109 Å². The summed E-state index contributed by atoms with van der Waals surface area (Å²) in [6.07, 6.45) is 2.33. The summed E-state index contributed by atoms with van der Waals surface area (Å²) >= 11 is 14.3. The van der Waals surface area contributed by atoms with Crippen LogP contribution in [0, 0.1) is 5.92 Å². The molecule has 4 heteroatoms. The molecule has 0 rings (SSSR count). The molecule has 0 aromatic heterocycles. The van der Waals surface area contributed by atoms with Gasteiger partial charge in [-0.25, -0.2) is 0 Å². The molecule has 0 aromatic carbocycles. The third-order valence-corrected chi connectivity index (χ3v) is 5.09. The Morgan fingerprint density at radius 1 is 1.33 bits per heavy atom. The zero-order chi connectivity index (χ0) is 9.78. The highest BCUT2D eigenvalue weighted by Gasteiger charge is 2.25. The summed E-state index contributed by atoms with van der Waals surface area (Å²) in [6, 6.07) is 0. The van der Waals surface area contributed by atoms with Crippen LogP contribution in [0.4, 0.5) is 0 Å². The standard InChI is InChI=1S/C8H14Br4/c1-3-6(7(10)5-9)4-8(2,11)12/h6-7H,3-5H2,1-2H3. The zero-order valence-electron chi connectivity index (χ0n) is 7.29. The lowest BCUT2D eigenvalue weighted by molar-refractivity contribution is 0.469. The monoisotopic (exact) mass is 426 g/mol. The smallest absolute Gasteiger partial charge is 0.0780 e. The molecule has 0 amide bonds. The van der Waals surface area contributed by atoms with Crippen molar-refractivity contribution in [1.29, 1.82) is 0 Å². The molecule has 74 valence electrons. The third-order valence-electron chi connectivity index (χ3n) is 1.80. The average Bonchev–Trinajstić information content (AvgIpc) is 1.97. The summed E-state index contributed by atoms with van der Waals surface area (Å²) in [7, 11) is 0. The van der Waals surface area contributed by atoms with E-state index < -0.39 is 0 Å². The van der Waals surface area contributed by atoms with Gasteiger partial charge in [-0.2, -0.15) is 0 Å². The van der Waals surface area contributed by atoms with Crippen LogP contribution in [0.5, 0.6) is 0 Å². The largest absolute Gasteiger partial charge is 0.0916 e. The molecule has 0 aliphatic heterocycles. The van der Waals surface area contributed by atoms with Crippen LogP contribution in [0.1, 0.15) is 26.7 Å². The molecule has 0 bridgehead atoms. The van der Waals surface area contributed by atoms with Crippen LogP contribution in [0.25, 0.3) is 0 Å². The van der Waals surface area contributed by atoms with Crippen molar-refractivity contribution in [2.24, 2.45) is 5.92 Å². The molecule has 0 N–H and O–H groups in total. The van der Waals surface area contributed by atoms with Gasteiger partial charge in [0.1, 0.15) is 0 Å². The highest BCUT2D eigenvalue weighted by atomic mass is 79.9. The lowest BCUT2D eigenvalue weighted by Gasteiger charge is -2.25. The molecule has 0 radical (unpaired) electrons. The molecule has 0 fully saturated rings. The highest BCUT2D eigenvalue weighted by Crippen LogP contribution is 2.36. The fourth-order valence-corrected chi connectivity index (χ4v) is 3.04. The van der Waals surface area contributed by atoms with Crippen LogP contribution in [-0.4, -0.2) is 13.4 Å². The second-order valence-corrected chi connectivity index (χ2v) is 9.50. The normalized spacial score (nSPS) is 17.5. The Bertz CT molecular complexity index is 119. The van der Waals surface area contributed by atoms with Gasteiger partial charge in [0.05, 0.1) is 3.23 Å². The SMILES string of the molecule is CCC(CC(C)(Br)Br)C(Br)CBr. The average molecular weight is 430 g/mol. The number of hydrogen-bond acceptors (Lipinski definition) is 0. The molecule has 0 heterocycles. The molecule has 0 aromatic rings. The maximum absolute atomic E-state index is 3.67. The first-order valence-corrected chi connectivity index (χ1v) is 7.61. The van der Waals surface area contributed by atoms with Crippen molar-refractivity contribution in [3.05, 3.63) is 0 Å². The minimum atomic E-state index is 0.0782. The molecule has 0 aliphatic carbocycles. The van der Waals surface area contributed by atoms with Gasteiger partial charge in [-0.15, -0.1) is 0 Å². The number of alkyl halides is 4. The van der Waals surface area contributed by atoms with Crippen LogP contribution in [0.3, 0.4) is 0 Å². The minimum absolute atomic E-state index is 0.0782. The van der Waals surface area contributed by atoms with Crippen molar-refractivity contribution in [2.45, 2.75) is 34.7 Å². The van der Waals surface area contributed by atoms with E-state index in [2.05, 4.69) is 77.6 Å². The predicted octanol–water partition coefficient (Wildman–Crippen LogP) is 5.07. The molecule has 12 heavy (non-hydrogen) atoms. The summed E-state index contributed by atoms with van der Waals surface area (Å²) < 4.78 is 0.0782. The fourth-order valence-electron chi connectivity index (χ4n) is 1.11. The molecule has 2 unspecified atom stereocenters. The Morgan fingerprint density at radius 3 is 2.08 bits per heavy atom. The summed E-state index contributed by atoms with van der Waals surface area (Å²) in [5, 5.41) is 1.02. The summed E-state index contributed by atoms with van der Waals surface area (Å²) in [5.41, 5.74) is 0. The second-order valence-electron chi connectivity index (χ2n) is 3.11. The molecule has 0 aliphatic rings. The molecular weight excluding hydrogens is 416 g/mol. The van der Waals surface area contributed by atoms with E-state index in [1.165, 1.54) is 6.42 Å². The van der Waals surface area contributed by atoms with Gasteiger partial charge in [-0.3, -0.25) is 0 Å². The van der Waals surface area contributed by atoms with Gasteiger partial charge in [-0.05, 0) is 19.3 Å². The van der Waals surface area contributed by atoms with Crippen molar-refractivity contribution in [2.75, 3.05) is 5.33 Å². The second kappa shape index (κ2) is 6.41. The number of hydrogen-bond donors (Lipinski definition) is 0. The van der Waals surface area contributed by atoms with Gasteiger partial charge in [0, 0.05) is 10.2 Å². The molecule has 0 saturated carbocycles. The van der Waals surface area contributed by atoms with Crippen LogP contribution >= 0.6 is 63.7 Å². The first kappa shape index (κ1) is 13.9. The van der Waals surface area contributed by atoms with Crippen molar-refractivity contribution < 1.29 is 0 Å². The van der Waals surface area contributed by atoms with Crippen LogP contribution in [-0.2, 0) is 0 Å². The summed E-state index contributed by atoms with van der Waals surface area (Å²) in [5.74, 6) is 0.702. The molecule has 2 atom stereocenters. The molecule has 0 nitrogen and oxygen atoms in total. The first-order chi connectivity index (χ1) is 5.40. The quantitative estimate of drug-likeness (QED) is 0.535. The topological polar surface area (TPSA) is 0 Å². The lowest BCUT2D eigenvalue weighted by Crippen LogP contribution is -2.21. The Kier molecular flexibility index (Phi) is 7.44. The number of rotatable bonds is 5. The van der Waals surface area contributed by atoms with E-state index in [0.717, 1.165) is 11.8 Å². The zero-order valence-corrected chi connectivity index (χ0v) is 13.6. The predicted molar refractivity (Wildman–Crippen MR) is 71.2 cm³/mol. The lowest BCUT2D eigenvalue weighted by atomic mass is 9.98. The van der Waals surface area contributed by atoms with E-state index in [1.54, 1.807) is 0 Å². The maximum Gasteiger partial charge on any atom is 0.0780 e. The van der Waals surface area contributed by atoms with Gasteiger partial charge >= 0.3 is 0 Å². The van der Waals surface area contributed by atoms with Gasteiger partial charge in [0.15, 0.2) is 0 Å². The Hall–Kier alpha value is 1.92. The van der Waals surface area contributed by atoms with E-state index in [9.17, 15) is 0 Å². The van der Waals surface area contributed by atoms with Crippen LogP contribution < -0.4 is 0 Å². The fraction of sp³-hybridized carbons (Fsp3) is 1.00. The first-order valence-electron chi connectivity index (χ1n) is 3.98. The summed E-state index contributed by atoms with van der Waals surface area (Å²) in [6.45, 7) is 4.37. The maximum atomic E-state index is 3.67. The number of halogens is 4. The van der Waals surface area contributed by atoms with Crippen LogP contribution in [0.2, 0.25) is 0 Å². The van der Waals surface area contributed by atoms with Gasteiger partial charge in [-0.1, -0.05) is 77.1 Å². The highest BCUT2D eigenvalue weighted by molar-refractivity contribution is 9.25. The molecule has 0 spiro atoms. The van der Waals surface area contributed by atoms with Gasteiger partial charge < -0.3 is 0 Å². The van der Waals surface area contributed by atoms with Crippen molar-refractivity contribution in [3.63, 3.8) is 0 Å². The van der Waals surface area contributed by atoms with Crippen molar-refractivity contribution >= 4 is 63.7 Å². The van der Waals surface area contributed by atoms with Crippen molar-refractivity contribution in [1.82, 2.24) is 0 Å². The van der Waals surface area contributed by atoms with E-state index in [1.807, 2.05) is 0 Å². The van der Waals surface area contributed by atoms with Crippen LogP contribution in [0.15, 0.2) is 0 Å². The van der Waals surface area contributed by atoms with E-state index >= 15 is 0 Å². The van der Waals surface area contributed by atoms with Crippen molar-refractivity contribution in [3.8, 4) is 0 Å². The third kappa shape index (κ3) is 6.39. The van der Waals surface area contributed by atoms with E-state index in [4.69, 9.17) is 0 Å². The van der Waals surface area contributed by atoms with Gasteiger partial charge in [0.2, 0.25) is 0 Å². The summed E-state index contributed by atoms with van der Waals surface area (Å²) in [4.78, 5) is 0.567. The van der Waals surface area contributed by atoms with Gasteiger partial charge in [0.25, 0.3) is 0 Å². The Balaban J connectivity index is 3.99. The van der Waals surface area contributed by atoms with E-state index in [0.29, 0.717) is 10.7 Å². The Morgan fingerprint density at radius 2 is 1.83 bits per heavy atom. The minimum Gasteiger partial charge on any atom is -0.0916 e. The molecule has 0 saturated heterocycles. The van der Waals surface area contributed by atoms with E-state index in [-0.39, 0.29) is 3.23 Å².